The summed E-state index contributed by atoms with van der Waals surface area (Å²) in [5.41, 5.74) is 1.40. The summed E-state index contributed by atoms with van der Waals surface area (Å²) in [5.74, 6) is -0.930. The van der Waals surface area contributed by atoms with Crippen LogP contribution in [0.3, 0.4) is 0 Å². The fourth-order valence-corrected chi connectivity index (χ4v) is 2.15. The molecule has 0 atom stereocenters. The molecule has 1 aromatic carbocycles. The lowest BCUT2D eigenvalue weighted by Crippen LogP contribution is -2.19. The number of carbonyl (C=O) groups is 2. The van der Waals surface area contributed by atoms with E-state index >= 15 is 0 Å². The van der Waals surface area contributed by atoms with Gasteiger partial charge in [0.15, 0.2) is 0 Å². The maximum atomic E-state index is 11.6. The average Bonchev–Trinajstić information content (AvgIpc) is 2.34. The first kappa shape index (κ1) is 15.3. The van der Waals surface area contributed by atoms with Crippen LogP contribution in [0, 0.1) is 6.92 Å². The van der Waals surface area contributed by atoms with Gasteiger partial charge in [0.1, 0.15) is 0 Å². The number of nitrogens with one attached hydrogen (secondary N) is 1. The van der Waals surface area contributed by atoms with Crippen LogP contribution in [0.5, 0.6) is 0 Å². The molecule has 0 saturated carbocycles. The Kier molecular flexibility index (Phi) is 6.15. The molecule has 0 aliphatic heterocycles. The van der Waals surface area contributed by atoms with E-state index in [2.05, 4.69) is 5.32 Å². The van der Waals surface area contributed by atoms with Gasteiger partial charge >= 0.3 is 5.97 Å². The highest BCUT2D eigenvalue weighted by molar-refractivity contribution is 8.13. The van der Waals surface area contributed by atoms with E-state index < -0.39 is 5.97 Å². The molecule has 0 aliphatic carbocycles. The van der Waals surface area contributed by atoms with Crippen molar-refractivity contribution >= 4 is 23.0 Å². The number of aliphatic carboxylic acids is 1. The topological polar surface area (TPSA) is 66.4 Å². The van der Waals surface area contributed by atoms with Crippen molar-refractivity contribution in [2.24, 2.45) is 0 Å². The molecule has 0 aliphatic rings. The zero-order valence-electron chi connectivity index (χ0n) is 11.0. The molecule has 0 saturated heterocycles. The molecule has 1 amide bonds. The van der Waals surface area contributed by atoms with Crippen molar-refractivity contribution in [3.8, 4) is 0 Å². The zero-order chi connectivity index (χ0) is 14.3. The van der Waals surface area contributed by atoms with E-state index in [1.807, 2.05) is 31.2 Å². The Hall–Kier alpha value is -1.75. The number of aryl methyl sites for hydroxylation is 1. The maximum absolute atomic E-state index is 11.6. The van der Waals surface area contributed by atoms with Gasteiger partial charge in [-0.25, -0.2) is 4.79 Å². The third kappa shape index (κ3) is 6.10. The molecule has 1 aromatic rings. The minimum absolute atomic E-state index is 0.132. The number of benzene rings is 1. The number of carboxylic acids is 1. The van der Waals surface area contributed by atoms with E-state index in [1.165, 1.54) is 6.92 Å². The van der Waals surface area contributed by atoms with Gasteiger partial charge in [0, 0.05) is 17.0 Å². The predicted molar refractivity (Wildman–Crippen MR) is 76.4 cm³/mol. The Morgan fingerprint density at radius 2 is 2.16 bits per heavy atom. The molecular formula is C14H17NO3S. The monoisotopic (exact) mass is 279 g/mol. The van der Waals surface area contributed by atoms with Crippen LogP contribution in [-0.2, 0) is 4.79 Å². The predicted octanol–water partition coefficient (Wildman–Crippen LogP) is 3.22. The lowest BCUT2D eigenvalue weighted by Gasteiger charge is -2.04. The highest BCUT2D eigenvalue weighted by atomic mass is 32.2. The van der Waals surface area contributed by atoms with Gasteiger partial charge in [-0.15, -0.1) is 0 Å². The molecule has 0 fully saturated rings. The second-order valence-corrected chi connectivity index (χ2v) is 5.16. The molecule has 5 heteroatoms. The van der Waals surface area contributed by atoms with E-state index in [1.54, 1.807) is 6.08 Å². The van der Waals surface area contributed by atoms with Crippen molar-refractivity contribution in [3.05, 3.63) is 41.5 Å². The lowest BCUT2D eigenvalue weighted by molar-refractivity contribution is -0.132. The van der Waals surface area contributed by atoms with Crippen molar-refractivity contribution in [2.45, 2.75) is 25.2 Å². The number of carbonyl (C=O) groups excluding carboxylic acids is 1. The summed E-state index contributed by atoms with van der Waals surface area (Å²) < 4.78 is 0. The van der Waals surface area contributed by atoms with Gasteiger partial charge in [-0.05, 0) is 44.2 Å². The van der Waals surface area contributed by atoms with Crippen LogP contribution in [-0.4, -0.2) is 22.9 Å². The number of rotatable bonds is 5. The van der Waals surface area contributed by atoms with Gasteiger partial charge in [0.25, 0.3) is 5.24 Å². The average molecular weight is 279 g/mol. The molecule has 0 unspecified atom stereocenters. The number of hydrogen-bond acceptors (Lipinski definition) is 3. The summed E-state index contributed by atoms with van der Waals surface area (Å²) in [6, 6.07) is 7.70. The van der Waals surface area contributed by atoms with E-state index in [0.717, 1.165) is 22.2 Å². The molecule has 102 valence electrons. The van der Waals surface area contributed by atoms with Crippen molar-refractivity contribution in [2.75, 3.05) is 6.54 Å². The van der Waals surface area contributed by atoms with Gasteiger partial charge < -0.3 is 10.4 Å². The molecule has 4 nitrogen and oxygen atoms in total. The highest BCUT2D eigenvalue weighted by Crippen LogP contribution is 2.19. The Morgan fingerprint density at radius 1 is 1.42 bits per heavy atom. The molecule has 2 N–H and O–H groups in total. The first-order valence-corrected chi connectivity index (χ1v) is 6.73. The minimum atomic E-state index is -0.930. The Labute approximate surface area is 116 Å². The van der Waals surface area contributed by atoms with Crippen LogP contribution in [0.4, 0.5) is 4.79 Å². The molecule has 1 rings (SSSR count). The molecule has 0 bridgehead atoms. The van der Waals surface area contributed by atoms with Gasteiger partial charge in [-0.1, -0.05) is 23.8 Å². The quantitative estimate of drug-likeness (QED) is 0.493. The Bertz CT molecular complexity index is 497. The van der Waals surface area contributed by atoms with Gasteiger partial charge in [0.05, 0.1) is 0 Å². The fraction of sp³-hybridized carbons (Fsp3) is 0.286. The summed E-state index contributed by atoms with van der Waals surface area (Å²) in [6.45, 7) is 3.94. The maximum Gasteiger partial charge on any atom is 0.330 e. The van der Waals surface area contributed by atoms with Gasteiger partial charge in [-0.2, -0.15) is 0 Å². The van der Waals surface area contributed by atoms with Crippen molar-refractivity contribution < 1.29 is 14.7 Å². The van der Waals surface area contributed by atoms with E-state index in [0.29, 0.717) is 18.5 Å². The summed E-state index contributed by atoms with van der Waals surface area (Å²) >= 11 is 1.14. The first-order valence-electron chi connectivity index (χ1n) is 5.91. The first-order chi connectivity index (χ1) is 8.99. The third-order valence-corrected chi connectivity index (χ3v) is 3.22. The molecular weight excluding hydrogens is 262 g/mol. The fourth-order valence-electron chi connectivity index (χ4n) is 1.37. The standard InChI is InChI=1S/C14H17NO3S/c1-10-5-3-7-12(9-10)19-14(18)15-8-4-6-11(2)13(16)17/h3,5-7,9H,4,8H2,1-2H3,(H,15,18)(H,16,17). The molecule has 0 radical (unpaired) electrons. The summed E-state index contributed by atoms with van der Waals surface area (Å²) in [6.07, 6.45) is 2.11. The third-order valence-electron chi connectivity index (χ3n) is 2.40. The lowest BCUT2D eigenvalue weighted by atomic mass is 10.2. The van der Waals surface area contributed by atoms with Gasteiger partial charge in [0.2, 0.25) is 0 Å². The van der Waals surface area contributed by atoms with Crippen LogP contribution in [0.1, 0.15) is 18.9 Å². The van der Waals surface area contributed by atoms with Crippen molar-refractivity contribution in [3.63, 3.8) is 0 Å². The van der Waals surface area contributed by atoms with Crippen LogP contribution in [0.15, 0.2) is 40.8 Å². The smallest absolute Gasteiger partial charge is 0.330 e. The minimum Gasteiger partial charge on any atom is -0.478 e. The summed E-state index contributed by atoms with van der Waals surface area (Å²) in [4.78, 5) is 23.1. The number of thioether (sulfide) groups is 1. The normalized spacial score (nSPS) is 11.2. The summed E-state index contributed by atoms with van der Waals surface area (Å²) in [5, 5.41) is 11.3. The van der Waals surface area contributed by atoms with Crippen LogP contribution in [0.25, 0.3) is 0 Å². The zero-order valence-corrected chi connectivity index (χ0v) is 11.8. The van der Waals surface area contributed by atoms with Gasteiger partial charge in [-0.3, -0.25) is 4.79 Å². The largest absolute Gasteiger partial charge is 0.478 e. The molecule has 19 heavy (non-hydrogen) atoms. The molecule has 0 heterocycles. The number of carboxylic acid groups (broad SMARTS) is 1. The van der Waals surface area contributed by atoms with Crippen LogP contribution >= 0.6 is 11.8 Å². The van der Waals surface area contributed by atoms with E-state index in [4.69, 9.17) is 5.11 Å². The second kappa shape index (κ2) is 7.63. The Balaban J connectivity index is 2.33. The summed E-state index contributed by atoms with van der Waals surface area (Å²) in [7, 11) is 0. The Morgan fingerprint density at radius 3 is 2.79 bits per heavy atom. The molecule has 0 aromatic heterocycles. The van der Waals surface area contributed by atoms with Crippen LogP contribution in [0.2, 0.25) is 0 Å². The molecule has 0 spiro atoms. The second-order valence-electron chi connectivity index (χ2n) is 4.11. The number of hydrogen-bond donors (Lipinski definition) is 2. The highest BCUT2D eigenvalue weighted by Gasteiger charge is 2.04. The SMILES string of the molecule is CC(=CCCNC(=O)Sc1cccc(C)c1)C(=O)O. The number of amides is 1. The van der Waals surface area contributed by atoms with Crippen molar-refractivity contribution in [1.29, 1.82) is 0 Å². The van der Waals surface area contributed by atoms with E-state index in [-0.39, 0.29) is 5.24 Å². The van der Waals surface area contributed by atoms with E-state index in [9.17, 15) is 9.59 Å². The van der Waals surface area contributed by atoms with Crippen LogP contribution < -0.4 is 5.32 Å². The van der Waals surface area contributed by atoms with Crippen molar-refractivity contribution in [1.82, 2.24) is 5.32 Å².